The summed E-state index contributed by atoms with van der Waals surface area (Å²) in [5, 5.41) is 0. The lowest BCUT2D eigenvalue weighted by Crippen LogP contribution is -2.20. The SMILES string of the molecule is Cc1ccc(C(Br)C2Cc3ccccc32)cc1C. The first-order valence-corrected chi connectivity index (χ1v) is 7.37. The van der Waals surface area contributed by atoms with Gasteiger partial charge in [-0.25, -0.2) is 0 Å². The largest absolute Gasteiger partial charge is 0.0832 e. The maximum atomic E-state index is 3.89. The number of aryl methyl sites for hydroxylation is 2. The number of benzene rings is 2. The van der Waals surface area contributed by atoms with Gasteiger partial charge in [-0.15, -0.1) is 0 Å². The maximum Gasteiger partial charge on any atom is 0.0467 e. The summed E-state index contributed by atoms with van der Waals surface area (Å²) in [7, 11) is 0. The highest BCUT2D eigenvalue weighted by Crippen LogP contribution is 2.47. The highest BCUT2D eigenvalue weighted by molar-refractivity contribution is 9.09. The molecule has 2 atom stereocenters. The van der Waals surface area contributed by atoms with Gasteiger partial charge in [-0.05, 0) is 48.1 Å². The number of rotatable bonds is 2. The molecule has 2 aromatic rings. The number of hydrogen-bond acceptors (Lipinski definition) is 0. The maximum absolute atomic E-state index is 3.89. The molecule has 0 amide bonds. The topological polar surface area (TPSA) is 0 Å². The second-order valence-electron chi connectivity index (χ2n) is 5.25. The van der Waals surface area contributed by atoms with Gasteiger partial charge in [0.05, 0.1) is 0 Å². The van der Waals surface area contributed by atoms with Crippen LogP contribution in [0.3, 0.4) is 0 Å². The normalized spacial score (nSPS) is 18.9. The van der Waals surface area contributed by atoms with Crippen LogP contribution < -0.4 is 0 Å². The molecule has 0 heterocycles. The molecule has 1 aliphatic rings. The van der Waals surface area contributed by atoms with E-state index in [1.54, 1.807) is 0 Å². The van der Waals surface area contributed by atoms with Crippen molar-refractivity contribution in [1.82, 2.24) is 0 Å². The van der Waals surface area contributed by atoms with Crippen molar-refractivity contribution in [3.05, 3.63) is 70.3 Å². The molecule has 1 aliphatic carbocycles. The van der Waals surface area contributed by atoms with Crippen LogP contribution >= 0.6 is 15.9 Å². The van der Waals surface area contributed by atoms with Crippen LogP contribution in [0.25, 0.3) is 0 Å². The molecule has 0 bridgehead atoms. The van der Waals surface area contributed by atoms with E-state index in [9.17, 15) is 0 Å². The van der Waals surface area contributed by atoms with Crippen LogP contribution in [0, 0.1) is 13.8 Å². The van der Waals surface area contributed by atoms with Crippen LogP contribution in [0.2, 0.25) is 0 Å². The minimum Gasteiger partial charge on any atom is -0.0832 e. The van der Waals surface area contributed by atoms with Crippen LogP contribution in [-0.4, -0.2) is 0 Å². The Labute approximate surface area is 117 Å². The minimum absolute atomic E-state index is 0.437. The van der Waals surface area contributed by atoms with Crippen molar-refractivity contribution >= 4 is 15.9 Å². The lowest BCUT2D eigenvalue weighted by Gasteiger charge is -2.34. The lowest BCUT2D eigenvalue weighted by molar-refractivity contribution is 0.600. The van der Waals surface area contributed by atoms with Gasteiger partial charge in [-0.1, -0.05) is 58.4 Å². The Morgan fingerprint density at radius 3 is 2.56 bits per heavy atom. The molecule has 0 fully saturated rings. The summed E-state index contributed by atoms with van der Waals surface area (Å²) in [6.45, 7) is 4.36. The predicted octanol–water partition coefficient (Wildman–Crippen LogP) is 5.08. The number of alkyl halides is 1. The third kappa shape index (κ3) is 1.91. The molecule has 1 heteroatoms. The molecule has 0 saturated carbocycles. The highest BCUT2D eigenvalue weighted by atomic mass is 79.9. The summed E-state index contributed by atoms with van der Waals surface area (Å²) >= 11 is 3.89. The second-order valence-corrected chi connectivity index (χ2v) is 6.24. The van der Waals surface area contributed by atoms with Gasteiger partial charge >= 0.3 is 0 Å². The summed E-state index contributed by atoms with van der Waals surface area (Å²) in [6, 6.07) is 15.6. The first kappa shape index (κ1) is 12.0. The third-order valence-corrected chi connectivity index (χ3v) is 5.26. The third-order valence-electron chi connectivity index (χ3n) is 4.10. The molecule has 0 aliphatic heterocycles. The second kappa shape index (κ2) is 4.55. The first-order valence-electron chi connectivity index (χ1n) is 6.46. The molecule has 0 spiro atoms. The van der Waals surface area contributed by atoms with E-state index in [0.717, 1.165) is 0 Å². The van der Waals surface area contributed by atoms with E-state index in [2.05, 4.69) is 72.2 Å². The van der Waals surface area contributed by atoms with Crippen molar-refractivity contribution < 1.29 is 0 Å². The molecule has 18 heavy (non-hydrogen) atoms. The molecule has 2 unspecified atom stereocenters. The zero-order valence-electron chi connectivity index (χ0n) is 10.8. The molecule has 0 saturated heterocycles. The van der Waals surface area contributed by atoms with Crippen LogP contribution in [-0.2, 0) is 6.42 Å². The molecule has 0 nitrogen and oxygen atoms in total. The average molecular weight is 301 g/mol. The monoisotopic (exact) mass is 300 g/mol. The summed E-state index contributed by atoms with van der Waals surface area (Å²) in [5.74, 6) is 0.628. The number of halogens is 1. The number of fused-ring (bicyclic) bond motifs is 1. The molecule has 2 aromatic carbocycles. The fourth-order valence-electron chi connectivity index (χ4n) is 2.73. The molecular formula is C17H17Br. The summed E-state index contributed by atoms with van der Waals surface area (Å²) in [4.78, 5) is 0.437. The van der Waals surface area contributed by atoms with Crippen molar-refractivity contribution in [2.24, 2.45) is 0 Å². The summed E-state index contributed by atoms with van der Waals surface area (Å²) in [5.41, 5.74) is 7.17. The Kier molecular flexibility index (Phi) is 3.03. The summed E-state index contributed by atoms with van der Waals surface area (Å²) < 4.78 is 0. The highest BCUT2D eigenvalue weighted by Gasteiger charge is 2.32. The molecular weight excluding hydrogens is 284 g/mol. The van der Waals surface area contributed by atoms with Gasteiger partial charge in [-0.3, -0.25) is 0 Å². The molecule has 3 rings (SSSR count). The zero-order chi connectivity index (χ0) is 12.7. The predicted molar refractivity (Wildman–Crippen MR) is 80.5 cm³/mol. The Balaban J connectivity index is 1.88. The fraction of sp³-hybridized carbons (Fsp3) is 0.294. The van der Waals surface area contributed by atoms with Crippen LogP contribution in [0.5, 0.6) is 0 Å². The van der Waals surface area contributed by atoms with Gasteiger partial charge in [0.2, 0.25) is 0 Å². The van der Waals surface area contributed by atoms with Crippen molar-refractivity contribution in [2.75, 3.05) is 0 Å². The molecule has 0 aromatic heterocycles. The summed E-state index contributed by atoms with van der Waals surface area (Å²) in [6.07, 6.45) is 1.19. The number of hydrogen-bond donors (Lipinski definition) is 0. The first-order chi connectivity index (χ1) is 8.66. The molecule has 0 N–H and O–H groups in total. The Morgan fingerprint density at radius 2 is 1.83 bits per heavy atom. The zero-order valence-corrected chi connectivity index (χ0v) is 12.4. The van der Waals surface area contributed by atoms with Gasteiger partial charge in [-0.2, -0.15) is 0 Å². The molecule has 92 valence electrons. The fourth-order valence-corrected chi connectivity index (χ4v) is 3.48. The van der Waals surface area contributed by atoms with Crippen LogP contribution in [0.1, 0.15) is 38.6 Å². The Bertz CT molecular complexity index is 586. The van der Waals surface area contributed by atoms with E-state index in [1.807, 2.05) is 0 Å². The molecule has 0 radical (unpaired) electrons. The van der Waals surface area contributed by atoms with Crippen molar-refractivity contribution in [1.29, 1.82) is 0 Å². The quantitative estimate of drug-likeness (QED) is 0.679. The van der Waals surface area contributed by atoms with Crippen molar-refractivity contribution in [2.45, 2.75) is 31.0 Å². The van der Waals surface area contributed by atoms with Crippen molar-refractivity contribution in [3.8, 4) is 0 Å². The van der Waals surface area contributed by atoms with E-state index in [1.165, 1.54) is 34.2 Å². The van der Waals surface area contributed by atoms with E-state index in [0.29, 0.717) is 10.7 Å². The van der Waals surface area contributed by atoms with Crippen molar-refractivity contribution in [3.63, 3.8) is 0 Å². The van der Waals surface area contributed by atoms with E-state index in [4.69, 9.17) is 0 Å². The van der Waals surface area contributed by atoms with E-state index < -0.39 is 0 Å². The van der Waals surface area contributed by atoms with Gasteiger partial charge in [0, 0.05) is 10.7 Å². The van der Waals surface area contributed by atoms with Gasteiger partial charge < -0.3 is 0 Å². The van der Waals surface area contributed by atoms with E-state index >= 15 is 0 Å². The van der Waals surface area contributed by atoms with Crippen LogP contribution in [0.15, 0.2) is 42.5 Å². The average Bonchev–Trinajstić information content (AvgIpc) is 2.34. The van der Waals surface area contributed by atoms with Gasteiger partial charge in [0.15, 0.2) is 0 Å². The standard InChI is InChI=1S/C17H17Br/c1-11-7-8-14(9-12(11)2)17(18)16-10-13-5-3-4-6-15(13)16/h3-9,16-17H,10H2,1-2H3. The van der Waals surface area contributed by atoms with E-state index in [-0.39, 0.29) is 0 Å². The smallest absolute Gasteiger partial charge is 0.0467 e. The minimum atomic E-state index is 0.437. The van der Waals surface area contributed by atoms with Gasteiger partial charge in [0.25, 0.3) is 0 Å². The van der Waals surface area contributed by atoms with Gasteiger partial charge in [0.1, 0.15) is 0 Å². The Hall–Kier alpha value is -1.08. The Morgan fingerprint density at radius 1 is 1.06 bits per heavy atom. The van der Waals surface area contributed by atoms with Crippen LogP contribution in [0.4, 0.5) is 0 Å². The lowest BCUT2D eigenvalue weighted by atomic mass is 9.74.